The van der Waals surface area contributed by atoms with E-state index in [2.05, 4.69) is 6.92 Å². The molecule has 0 N–H and O–H groups in total. The first-order chi connectivity index (χ1) is 9.93. The maximum Gasteiger partial charge on any atom is 1.00 e. The fourth-order valence-electron chi connectivity index (χ4n) is 2.09. The van der Waals surface area contributed by atoms with Crippen LogP contribution in [0.5, 0.6) is 5.75 Å². The Kier molecular flexibility index (Phi) is 11.4. The number of aryl methyl sites for hydroxylation is 1. The van der Waals surface area contributed by atoms with Gasteiger partial charge < -0.3 is 9.29 Å². The largest absolute Gasteiger partial charge is 1.00 e. The Bertz CT molecular complexity index is 499. The molecule has 0 fully saturated rings. The Morgan fingerprint density at radius 2 is 1.59 bits per heavy atom. The molecule has 0 aromatic heterocycles. The zero-order valence-corrected chi connectivity index (χ0v) is 16.7. The van der Waals surface area contributed by atoms with Gasteiger partial charge in [-0.05, 0) is 37.5 Å². The minimum atomic E-state index is -4.41. The first-order valence-electron chi connectivity index (χ1n) is 7.63. The van der Waals surface area contributed by atoms with Crippen molar-refractivity contribution in [3.63, 3.8) is 0 Å². The molecule has 0 amide bonds. The summed E-state index contributed by atoms with van der Waals surface area (Å²) in [6.07, 6.45) is 8.59. The first-order valence-corrected chi connectivity index (χ1v) is 9.11. The van der Waals surface area contributed by atoms with Crippen LogP contribution in [0.2, 0.25) is 0 Å². The minimum absolute atomic E-state index is 0. The molecule has 4 nitrogen and oxygen atoms in total. The Hall–Kier alpha value is -0.0700. The van der Waals surface area contributed by atoms with Crippen molar-refractivity contribution in [2.75, 3.05) is 0 Å². The molecule has 22 heavy (non-hydrogen) atoms. The van der Waals surface area contributed by atoms with Gasteiger partial charge in [0, 0.05) is 0 Å². The quantitative estimate of drug-likeness (QED) is 0.361. The molecular formula is C16H25NaO4S. The number of hydrogen-bond donors (Lipinski definition) is 0. The molecule has 0 radical (unpaired) electrons. The summed E-state index contributed by atoms with van der Waals surface area (Å²) in [6.45, 7) is 3.45. The molecule has 1 unspecified atom stereocenters. The van der Waals surface area contributed by atoms with Crippen molar-refractivity contribution in [2.45, 2.75) is 64.2 Å². The van der Waals surface area contributed by atoms with Crippen molar-refractivity contribution >= 4 is 10.1 Å². The Morgan fingerprint density at radius 3 is 2.14 bits per heavy atom. The molecule has 0 aliphatic heterocycles. The summed E-state index contributed by atoms with van der Waals surface area (Å²) in [4.78, 5) is 0. The van der Waals surface area contributed by atoms with Crippen molar-refractivity contribution in [2.24, 2.45) is 0 Å². The third kappa shape index (κ3) is 9.16. The van der Waals surface area contributed by atoms with Gasteiger partial charge in [0.2, 0.25) is 0 Å². The van der Waals surface area contributed by atoms with Gasteiger partial charge in [-0.25, -0.2) is 8.42 Å². The van der Waals surface area contributed by atoms with Crippen LogP contribution in [0.4, 0.5) is 0 Å². The maximum absolute atomic E-state index is 10.8. The zero-order chi connectivity index (χ0) is 15.7. The zero-order valence-electron chi connectivity index (χ0n) is 13.9. The summed E-state index contributed by atoms with van der Waals surface area (Å²) < 4.78 is 37.4. The van der Waals surface area contributed by atoms with Gasteiger partial charge in [0.05, 0.1) is 0 Å². The van der Waals surface area contributed by atoms with Gasteiger partial charge in [0.15, 0.2) is 5.44 Å². The van der Waals surface area contributed by atoms with Crippen molar-refractivity contribution in [3.8, 4) is 5.75 Å². The molecule has 6 heteroatoms. The van der Waals surface area contributed by atoms with E-state index in [1.807, 2.05) is 12.1 Å². The van der Waals surface area contributed by atoms with Crippen LogP contribution in [0.25, 0.3) is 0 Å². The van der Waals surface area contributed by atoms with E-state index in [1.165, 1.54) is 44.6 Å². The summed E-state index contributed by atoms with van der Waals surface area (Å²) in [5, 5.41) is 0. The van der Waals surface area contributed by atoms with E-state index in [1.54, 1.807) is 12.1 Å². The molecule has 0 aliphatic carbocycles. The molecule has 1 rings (SSSR count). The monoisotopic (exact) mass is 336 g/mol. The molecule has 120 valence electrons. The van der Waals surface area contributed by atoms with Crippen LogP contribution in [0.3, 0.4) is 0 Å². The Labute approximate surface area is 156 Å². The van der Waals surface area contributed by atoms with Crippen molar-refractivity contribution in [1.82, 2.24) is 0 Å². The second kappa shape index (κ2) is 11.5. The van der Waals surface area contributed by atoms with E-state index < -0.39 is 15.6 Å². The maximum atomic E-state index is 10.8. The van der Waals surface area contributed by atoms with Crippen LogP contribution in [0.15, 0.2) is 24.3 Å². The predicted octanol–water partition coefficient (Wildman–Crippen LogP) is 0.864. The van der Waals surface area contributed by atoms with Crippen LogP contribution < -0.4 is 34.3 Å². The van der Waals surface area contributed by atoms with Crippen molar-refractivity contribution < 1.29 is 47.3 Å². The summed E-state index contributed by atoms with van der Waals surface area (Å²) in [6, 6.07) is 7.28. The third-order valence-electron chi connectivity index (χ3n) is 3.45. The molecule has 1 aromatic carbocycles. The van der Waals surface area contributed by atoms with E-state index in [-0.39, 0.29) is 29.6 Å². The SMILES string of the molecule is CCCCCCCCc1ccc(OC(C)S(=O)(=O)[O-])cc1.[Na+]. The average Bonchev–Trinajstić information content (AvgIpc) is 2.43. The van der Waals surface area contributed by atoms with Crippen molar-refractivity contribution in [3.05, 3.63) is 29.8 Å². The van der Waals surface area contributed by atoms with Crippen LogP contribution in [-0.2, 0) is 16.5 Å². The van der Waals surface area contributed by atoms with E-state index in [0.29, 0.717) is 5.75 Å². The number of rotatable bonds is 10. The van der Waals surface area contributed by atoms with Crippen LogP contribution in [0.1, 0.15) is 57.9 Å². The van der Waals surface area contributed by atoms with Gasteiger partial charge >= 0.3 is 29.6 Å². The van der Waals surface area contributed by atoms with Gasteiger partial charge in [0.1, 0.15) is 15.9 Å². The second-order valence-corrected chi connectivity index (χ2v) is 6.99. The summed E-state index contributed by atoms with van der Waals surface area (Å²) in [5.74, 6) is 0.411. The van der Waals surface area contributed by atoms with Crippen LogP contribution in [0, 0.1) is 0 Å². The number of benzene rings is 1. The Balaban J connectivity index is 0.00000441. The van der Waals surface area contributed by atoms with Gasteiger partial charge in [0.25, 0.3) is 0 Å². The molecule has 0 saturated carbocycles. The van der Waals surface area contributed by atoms with Gasteiger partial charge in [-0.15, -0.1) is 0 Å². The summed E-state index contributed by atoms with van der Waals surface area (Å²) in [7, 11) is -4.41. The Morgan fingerprint density at radius 1 is 1.05 bits per heavy atom. The standard InChI is InChI=1S/C16H26O4S.Na/c1-3-4-5-6-7-8-9-15-10-12-16(13-11-15)20-14(2)21(17,18)19;/h10-14H,3-9H2,1-2H3,(H,17,18,19);/q;+1/p-1. The average molecular weight is 336 g/mol. The number of hydrogen-bond acceptors (Lipinski definition) is 4. The molecule has 0 saturated heterocycles. The molecule has 1 atom stereocenters. The van der Waals surface area contributed by atoms with Gasteiger partial charge in [-0.3, -0.25) is 0 Å². The van der Waals surface area contributed by atoms with Crippen molar-refractivity contribution in [1.29, 1.82) is 0 Å². The second-order valence-electron chi connectivity index (χ2n) is 5.34. The number of ether oxygens (including phenoxy) is 1. The normalized spacial score (nSPS) is 12.5. The van der Waals surface area contributed by atoms with Gasteiger partial charge in [-0.1, -0.05) is 51.2 Å². The van der Waals surface area contributed by atoms with E-state index in [9.17, 15) is 13.0 Å². The van der Waals surface area contributed by atoms with E-state index >= 15 is 0 Å². The fourth-order valence-corrected chi connectivity index (χ4v) is 2.32. The first kappa shape index (κ1) is 21.9. The molecule has 0 heterocycles. The fraction of sp³-hybridized carbons (Fsp3) is 0.625. The molecule has 1 aromatic rings. The van der Waals surface area contributed by atoms with Crippen LogP contribution >= 0.6 is 0 Å². The van der Waals surface area contributed by atoms with Gasteiger partial charge in [-0.2, -0.15) is 0 Å². The summed E-state index contributed by atoms with van der Waals surface area (Å²) >= 11 is 0. The summed E-state index contributed by atoms with van der Waals surface area (Å²) in [5.41, 5.74) is -0.155. The van der Waals surface area contributed by atoms with Crippen LogP contribution in [-0.4, -0.2) is 18.4 Å². The smallest absolute Gasteiger partial charge is 0.745 e. The molecule has 0 spiro atoms. The van der Waals surface area contributed by atoms with E-state index in [0.717, 1.165) is 12.8 Å². The molecular weight excluding hydrogens is 311 g/mol. The third-order valence-corrected chi connectivity index (χ3v) is 4.36. The molecule has 0 aliphatic rings. The molecule has 0 bridgehead atoms. The predicted molar refractivity (Wildman–Crippen MR) is 83.3 cm³/mol. The topological polar surface area (TPSA) is 66.4 Å². The van der Waals surface area contributed by atoms with E-state index in [4.69, 9.17) is 4.74 Å². The minimum Gasteiger partial charge on any atom is -0.745 e. The number of unbranched alkanes of at least 4 members (excludes halogenated alkanes) is 5.